The Labute approximate surface area is 214 Å². The third kappa shape index (κ3) is 5.65. The van der Waals surface area contributed by atoms with Crippen molar-refractivity contribution >= 4 is 24.1 Å². The van der Waals surface area contributed by atoms with Crippen LogP contribution in [0.2, 0.25) is 0 Å². The predicted octanol–water partition coefficient (Wildman–Crippen LogP) is 3.50. The van der Waals surface area contributed by atoms with Gasteiger partial charge in [0, 0.05) is 35.9 Å². The van der Waals surface area contributed by atoms with Crippen LogP contribution in [0.25, 0.3) is 0 Å². The molecule has 3 atom stereocenters. The molecule has 0 spiro atoms. The fraction of sp³-hybridized carbons (Fsp3) is 0.538. The first kappa shape index (κ1) is 24.9. The average molecular weight is 513 g/mol. The number of nitrogens with one attached hydrogen (secondary N) is 3. The van der Waals surface area contributed by atoms with E-state index in [0.29, 0.717) is 24.4 Å². The van der Waals surface area contributed by atoms with Gasteiger partial charge in [-0.05, 0) is 56.8 Å². The summed E-state index contributed by atoms with van der Waals surface area (Å²) in [5.41, 5.74) is 0.786. The number of anilines is 1. The quantitative estimate of drug-likeness (QED) is 0.373. The van der Waals surface area contributed by atoms with Crippen molar-refractivity contribution in [3.8, 4) is 17.2 Å². The van der Waals surface area contributed by atoms with Crippen molar-refractivity contribution in [1.82, 2.24) is 15.5 Å². The first-order valence-electron chi connectivity index (χ1n) is 12.7. The van der Waals surface area contributed by atoms with Crippen molar-refractivity contribution in [2.24, 2.45) is 11.8 Å². The number of hydrogen-bond acceptors (Lipinski definition) is 8. The Morgan fingerprint density at radius 2 is 2.00 bits per heavy atom. The van der Waals surface area contributed by atoms with Crippen molar-refractivity contribution in [3.05, 3.63) is 29.5 Å². The molecule has 1 aromatic carbocycles. The van der Waals surface area contributed by atoms with Crippen molar-refractivity contribution < 1.29 is 33.7 Å². The zero-order chi connectivity index (χ0) is 25.9. The lowest BCUT2D eigenvalue weighted by Gasteiger charge is -2.46. The van der Waals surface area contributed by atoms with Gasteiger partial charge >= 0.3 is 6.09 Å². The highest BCUT2D eigenvalue weighted by Crippen LogP contribution is 2.45. The Hall–Kier alpha value is -3.76. The molecular weight excluding hydrogens is 480 g/mol. The molecule has 4 aliphatic rings. The molecule has 2 amide bonds. The number of phenols is 1. The standard InChI is InChI=1S/C26H32N4O7/c1-35-18-9-22(32)19(12-31)23(10-18)36-13-25(33)28-24-11-21(29-30-24)15-3-4-17(8-15)37-26(34)27-20-5-2-14-6-16(20)7-14/h9-12,14-17,20,32H,2-8,13H2,1H3,(H,27,34)(H2,28,29,30,33). The van der Waals surface area contributed by atoms with E-state index in [1.54, 1.807) is 6.07 Å². The number of aromatic hydroxyl groups is 1. The van der Waals surface area contributed by atoms with Crippen LogP contribution in [0.3, 0.4) is 0 Å². The van der Waals surface area contributed by atoms with Crippen LogP contribution in [-0.2, 0) is 9.53 Å². The number of ether oxygens (including phenoxy) is 3. The van der Waals surface area contributed by atoms with E-state index in [1.165, 1.54) is 38.5 Å². The molecule has 6 rings (SSSR count). The molecule has 3 unspecified atom stereocenters. The fourth-order valence-electron chi connectivity index (χ4n) is 5.73. The van der Waals surface area contributed by atoms with Crippen molar-refractivity contribution in [3.63, 3.8) is 0 Å². The molecule has 4 N–H and O–H groups in total. The average Bonchev–Trinajstić information content (AvgIpc) is 3.51. The summed E-state index contributed by atoms with van der Waals surface area (Å²) >= 11 is 0. The summed E-state index contributed by atoms with van der Waals surface area (Å²) in [6.45, 7) is -0.396. The van der Waals surface area contributed by atoms with Gasteiger partial charge in [0.05, 0.1) is 12.7 Å². The highest BCUT2D eigenvalue weighted by molar-refractivity contribution is 5.91. The maximum Gasteiger partial charge on any atom is 0.407 e. The molecule has 11 nitrogen and oxygen atoms in total. The zero-order valence-corrected chi connectivity index (χ0v) is 20.7. The summed E-state index contributed by atoms with van der Waals surface area (Å²) in [5, 5.41) is 22.8. The third-order valence-electron chi connectivity index (χ3n) is 7.80. The number of phenolic OH excluding ortho intramolecular Hbond substituents is 1. The number of nitrogens with zero attached hydrogens (tertiary/aromatic N) is 1. The van der Waals surface area contributed by atoms with Crippen LogP contribution in [0.5, 0.6) is 17.2 Å². The van der Waals surface area contributed by atoms with Crippen LogP contribution < -0.4 is 20.1 Å². The van der Waals surface area contributed by atoms with E-state index in [1.807, 2.05) is 0 Å². The minimum absolute atomic E-state index is 0.0334. The van der Waals surface area contributed by atoms with Crippen molar-refractivity contribution in [1.29, 1.82) is 0 Å². The molecule has 0 saturated heterocycles. The molecule has 1 heterocycles. The largest absolute Gasteiger partial charge is 0.507 e. The predicted molar refractivity (Wildman–Crippen MR) is 132 cm³/mol. The summed E-state index contributed by atoms with van der Waals surface area (Å²) in [7, 11) is 1.41. The summed E-state index contributed by atoms with van der Waals surface area (Å²) in [6, 6.07) is 4.71. The number of aromatic amines is 1. The summed E-state index contributed by atoms with van der Waals surface area (Å²) in [6.07, 6.45) is 6.99. The minimum Gasteiger partial charge on any atom is -0.507 e. The van der Waals surface area contributed by atoms with Gasteiger partial charge in [-0.1, -0.05) is 0 Å². The highest BCUT2D eigenvalue weighted by Gasteiger charge is 2.41. The monoisotopic (exact) mass is 512 g/mol. The van der Waals surface area contributed by atoms with E-state index in [4.69, 9.17) is 14.2 Å². The molecule has 4 aliphatic carbocycles. The lowest BCUT2D eigenvalue weighted by Crippen LogP contribution is -2.50. The number of aromatic nitrogens is 2. The topological polar surface area (TPSA) is 152 Å². The van der Waals surface area contributed by atoms with E-state index < -0.39 is 12.5 Å². The molecule has 1 aromatic heterocycles. The number of amides is 2. The molecule has 37 heavy (non-hydrogen) atoms. The number of hydrogen-bond donors (Lipinski definition) is 4. The van der Waals surface area contributed by atoms with Crippen LogP contribution in [0.4, 0.5) is 10.6 Å². The van der Waals surface area contributed by atoms with Gasteiger partial charge < -0.3 is 30.0 Å². The van der Waals surface area contributed by atoms with Crippen LogP contribution in [0.1, 0.15) is 66.9 Å². The Kier molecular flexibility index (Phi) is 7.20. The Morgan fingerprint density at radius 3 is 2.73 bits per heavy atom. The number of aldehydes is 1. The zero-order valence-electron chi connectivity index (χ0n) is 20.7. The van der Waals surface area contributed by atoms with Crippen molar-refractivity contribution in [2.45, 2.75) is 63.0 Å². The van der Waals surface area contributed by atoms with Gasteiger partial charge in [-0.15, -0.1) is 0 Å². The maximum absolute atomic E-state index is 12.4. The Balaban J connectivity index is 1.08. The highest BCUT2D eigenvalue weighted by atomic mass is 16.6. The van der Waals surface area contributed by atoms with Gasteiger partial charge in [0.2, 0.25) is 0 Å². The Bertz CT molecular complexity index is 1160. The Morgan fingerprint density at radius 1 is 1.16 bits per heavy atom. The number of benzene rings is 1. The fourth-order valence-corrected chi connectivity index (χ4v) is 5.73. The van der Waals surface area contributed by atoms with E-state index in [-0.39, 0.29) is 47.0 Å². The van der Waals surface area contributed by atoms with Gasteiger partial charge in [0.25, 0.3) is 5.91 Å². The van der Waals surface area contributed by atoms with E-state index >= 15 is 0 Å². The number of carbonyl (C=O) groups excluding carboxylic acids is 3. The molecule has 0 aliphatic heterocycles. The molecule has 4 saturated carbocycles. The molecule has 2 aromatic rings. The first-order valence-corrected chi connectivity index (χ1v) is 12.7. The van der Waals surface area contributed by atoms with Gasteiger partial charge in [-0.25, -0.2) is 4.79 Å². The van der Waals surface area contributed by atoms with Crippen LogP contribution >= 0.6 is 0 Å². The smallest absolute Gasteiger partial charge is 0.407 e. The van der Waals surface area contributed by atoms with Crippen LogP contribution in [0.15, 0.2) is 18.2 Å². The van der Waals surface area contributed by atoms with E-state index in [0.717, 1.165) is 30.9 Å². The number of rotatable bonds is 9. The van der Waals surface area contributed by atoms with E-state index in [9.17, 15) is 19.5 Å². The number of H-pyrrole nitrogens is 1. The van der Waals surface area contributed by atoms with Gasteiger partial charge in [0.1, 0.15) is 23.4 Å². The number of alkyl carbamates (subject to hydrolysis) is 1. The SMILES string of the molecule is COc1cc(O)c(C=O)c(OCC(=O)Nc2cc(C3CCC(OC(=O)NC4CCC5CC4C5)C3)[nH]n2)c1. The van der Waals surface area contributed by atoms with E-state index in [2.05, 4.69) is 20.8 Å². The molecule has 0 radical (unpaired) electrons. The summed E-state index contributed by atoms with van der Waals surface area (Å²) in [4.78, 5) is 36.1. The summed E-state index contributed by atoms with van der Waals surface area (Å²) < 4.78 is 16.2. The molecule has 4 fully saturated rings. The lowest BCUT2D eigenvalue weighted by molar-refractivity contribution is -0.118. The first-order chi connectivity index (χ1) is 17.9. The number of fused-ring (bicyclic) bond motifs is 2. The third-order valence-corrected chi connectivity index (χ3v) is 7.80. The maximum atomic E-state index is 12.4. The molecule has 11 heteroatoms. The second-order valence-corrected chi connectivity index (χ2v) is 10.2. The molecular formula is C26H32N4O7. The lowest BCUT2D eigenvalue weighted by atomic mass is 9.63. The number of carbonyl (C=O) groups is 3. The second-order valence-electron chi connectivity index (χ2n) is 10.2. The van der Waals surface area contributed by atoms with Crippen LogP contribution in [0, 0.1) is 11.8 Å². The molecule has 2 bridgehead atoms. The number of methoxy groups -OCH3 is 1. The van der Waals surface area contributed by atoms with Crippen LogP contribution in [-0.4, -0.2) is 59.5 Å². The van der Waals surface area contributed by atoms with Gasteiger partial charge in [-0.2, -0.15) is 5.10 Å². The summed E-state index contributed by atoms with van der Waals surface area (Å²) in [5.74, 6) is 1.49. The van der Waals surface area contributed by atoms with Gasteiger partial charge in [-0.3, -0.25) is 14.7 Å². The minimum atomic E-state index is -0.484. The second kappa shape index (κ2) is 10.7. The van der Waals surface area contributed by atoms with Crippen molar-refractivity contribution in [2.75, 3.05) is 19.0 Å². The normalized spacial score (nSPS) is 26.0. The van der Waals surface area contributed by atoms with Gasteiger partial charge in [0.15, 0.2) is 18.7 Å². The molecule has 198 valence electrons.